The van der Waals surface area contributed by atoms with E-state index in [2.05, 4.69) is 11.9 Å². The third kappa shape index (κ3) is 4.55. The number of aromatic hydroxyl groups is 2. The molecule has 1 aromatic heterocycles. The summed E-state index contributed by atoms with van der Waals surface area (Å²) >= 11 is 0. The summed E-state index contributed by atoms with van der Waals surface area (Å²) in [6.07, 6.45) is 3.04. The van der Waals surface area contributed by atoms with E-state index in [1.807, 2.05) is 34.1 Å². The van der Waals surface area contributed by atoms with Crippen molar-refractivity contribution in [2.75, 3.05) is 37.7 Å². The summed E-state index contributed by atoms with van der Waals surface area (Å²) < 4.78 is 5.96. The van der Waals surface area contributed by atoms with E-state index >= 15 is 0 Å². The maximum absolute atomic E-state index is 12.6. The average molecular weight is 424 g/mol. The number of hydrogen-bond donors (Lipinski definition) is 3. The Morgan fingerprint density at radius 2 is 1.94 bits per heavy atom. The predicted molar refractivity (Wildman–Crippen MR) is 121 cm³/mol. The van der Waals surface area contributed by atoms with E-state index in [9.17, 15) is 15.0 Å². The number of ether oxygens (including phenoxy) is 1. The van der Waals surface area contributed by atoms with Gasteiger partial charge in [0.1, 0.15) is 18.1 Å². The predicted octanol–water partition coefficient (Wildman–Crippen LogP) is 4.11. The fourth-order valence-electron chi connectivity index (χ4n) is 4.08. The Hall–Kier alpha value is -3.35. The first-order chi connectivity index (χ1) is 15.1. The molecular weight excluding hydrogens is 394 g/mol. The molecule has 0 unspecified atom stereocenters. The van der Waals surface area contributed by atoms with Crippen molar-refractivity contribution < 1.29 is 19.7 Å². The maximum atomic E-state index is 12.6. The molecule has 7 nitrogen and oxygen atoms in total. The lowest BCUT2D eigenvalue weighted by Crippen LogP contribution is -2.29. The lowest BCUT2D eigenvalue weighted by atomic mass is 10.2. The zero-order chi connectivity index (χ0) is 21.8. The lowest BCUT2D eigenvalue weighted by molar-refractivity contribution is 0.0788. The van der Waals surface area contributed by atoms with Gasteiger partial charge in [-0.3, -0.25) is 4.79 Å². The van der Waals surface area contributed by atoms with Crippen LogP contribution in [0.1, 0.15) is 36.7 Å². The van der Waals surface area contributed by atoms with Gasteiger partial charge in [-0.05, 0) is 55.7 Å². The van der Waals surface area contributed by atoms with E-state index in [-0.39, 0.29) is 17.4 Å². The van der Waals surface area contributed by atoms with Crippen molar-refractivity contribution in [3.8, 4) is 17.2 Å². The monoisotopic (exact) mass is 423 g/mol. The van der Waals surface area contributed by atoms with E-state index in [1.165, 1.54) is 6.07 Å². The normalized spacial score (nSPS) is 13.6. The SMILES string of the molecule is CCCN(CCOc1ccc2[nH]c(C(=O)N3CCCC3)cc2c1)c1cccc(O)c1O. The van der Waals surface area contributed by atoms with Crippen LogP contribution in [0.4, 0.5) is 5.69 Å². The summed E-state index contributed by atoms with van der Waals surface area (Å²) in [6.45, 7) is 5.43. The second-order valence-electron chi connectivity index (χ2n) is 7.91. The van der Waals surface area contributed by atoms with Gasteiger partial charge in [0.05, 0.1) is 12.2 Å². The number of para-hydroxylation sites is 1. The molecule has 1 aliphatic rings. The topological polar surface area (TPSA) is 89.0 Å². The van der Waals surface area contributed by atoms with E-state index in [1.54, 1.807) is 12.1 Å². The van der Waals surface area contributed by atoms with Crippen LogP contribution in [0, 0.1) is 0 Å². The Labute approximate surface area is 181 Å². The molecule has 4 rings (SSSR count). The van der Waals surface area contributed by atoms with Gasteiger partial charge in [-0.2, -0.15) is 0 Å². The summed E-state index contributed by atoms with van der Waals surface area (Å²) in [5, 5.41) is 20.9. The minimum absolute atomic E-state index is 0.0531. The molecule has 0 spiro atoms. The summed E-state index contributed by atoms with van der Waals surface area (Å²) in [4.78, 5) is 19.7. The molecule has 0 saturated carbocycles. The molecule has 0 atom stereocenters. The van der Waals surface area contributed by atoms with Gasteiger partial charge in [0.25, 0.3) is 5.91 Å². The molecule has 0 aliphatic carbocycles. The van der Waals surface area contributed by atoms with Gasteiger partial charge in [-0.25, -0.2) is 0 Å². The third-order valence-corrected chi connectivity index (χ3v) is 5.67. The van der Waals surface area contributed by atoms with Crippen LogP contribution in [0.3, 0.4) is 0 Å². The van der Waals surface area contributed by atoms with Crippen LogP contribution in [-0.4, -0.2) is 58.8 Å². The Morgan fingerprint density at radius 3 is 2.71 bits per heavy atom. The fourth-order valence-corrected chi connectivity index (χ4v) is 4.08. The molecule has 0 bridgehead atoms. The highest BCUT2D eigenvalue weighted by atomic mass is 16.5. The van der Waals surface area contributed by atoms with Crippen LogP contribution in [0.5, 0.6) is 17.2 Å². The molecule has 1 amide bonds. The van der Waals surface area contributed by atoms with Crippen LogP contribution < -0.4 is 9.64 Å². The number of likely N-dealkylation sites (tertiary alicyclic amines) is 1. The standard InChI is InChI=1S/C24H29N3O4/c1-2-10-26(21-6-5-7-22(28)23(21)29)13-14-31-18-8-9-19-17(15-18)16-20(25-19)24(30)27-11-3-4-12-27/h5-9,15-16,25,28-29H,2-4,10-14H2,1H3. The minimum Gasteiger partial charge on any atom is -0.504 e. The number of carbonyl (C=O) groups excluding carboxylic acids is 1. The molecule has 2 heterocycles. The number of phenols is 2. The number of amides is 1. The van der Waals surface area contributed by atoms with Crippen LogP contribution in [0.15, 0.2) is 42.5 Å². The van der Waals surface area contributed by atoms with Gasteiger partial charge >= 0.3 is 0 Å². The molecule has 31 heavy (non-hydrogen) atoms. The summed E-state index contributed by atoms with van der Waals surface area (Å²) in [7, 11) is 0. The van der Waals surface area contributed by atoms with Crippen molar-refractivity contribution in [1.82, 2.24) is 9.88 Å². The smallest absolute Gasteiger partial charge is 0.270 e. The Bertz CT molecular complexity index is 1060. The molecule has 164 valence electrons. The zero-order valence-corrected chi connectivity index (χ0v) is 17.8. The number of phenolic OH excluding ortho intramolecular Hbond substituents is 2. The number of hydrogen-bond acceptors (Lipinski definition) is 5. The highest BCUT2D eigenvalue weighted by Crippen LogP contribution is 2.35. The van der Waals surface area contributed by atoms with Crippen molar-refractivity contribution in [3.63, 3.8) is 0 Å². The number of nitrogens with zero attached hydrogens (tertiary/aromatic N) is 2. The van der Waals surface area contributed by atoms with Crippen LogP contribution in [0.2, 0.25) is 0 Å². The van der Waals surface area contributed by atoms with Gasteiger partial charge < -0.3 is 29.7 Å². The molecule has 3 aromatic rings. The molecule has 1 aliphatic heterocycles. The number of carbonyl (C=O) groups is 1. The first kappa shape index (κ1) is 20.9. The fraction of sp³-hybridized carbons (Fsp3) is 0.375. The lowest BCUT2D eigenvalue weighted by Gasteiger charge is -2.25. The largest absolute Gasteiger partial charge is 0.504 e. The van der Waals surface area contributed by atoms with Crippen molar-refractivity contribution in [1.29, 1.82) is 0 Å². The zero-order valence-electron chi connectivity index (χ0n) is 17.8. The average Bonchev–Trinajstić information content (AvgIpc) is 3.44. The summed E-state index contributed by atoms with van der Waals surface area (Å²) in [6, 6.07) is 12.6. The number of nitrogens with one attached hydrogen (secondary N) is 1. The van der Waals surface area contributed by atoms with E-state index in [0.29, 0.717) is 24.5 Å². The number of fused-ring (bicyclic) bond motifs is 1. The summed E-state index contributed by atoms with van der Waals surface area (Å²) in [5.41, 5.74) is 2.12. The van der Waals surface area contributed by atoms with Crippen LogP contribution in [0.25, 0.3) is 10.9 Å². The molecule has 7 heteroatoms. The quantitative estimate of drug-likeness (QED) is 0.475. The second kappa shape index (κ2) is 9.20. The number of aromatic nitrogens is 1. The highest BCUT2D eigenvalue weighted by molar-refractivity contribution is 5.98. The number of rotatable bonds is 8. The maximum Gasteiger partial charge on any atom is 0.270 e. The summed E-state index contributed by atoms with van der Waals surface area (Å²) in [5.74, 6) is 0.539. The number of aromatic amines is 1. The first-order valence-corrected chi connectivity index (χ1v) is 10.9. The van der Waals surface area contributed by atoms with Crippen molar-refractivity contribution in [2.45, 2.75) is 26.2 Å². The van der Waals surface area contributed by atoms with Crippen molar-refractivity contribution >= 4 is 22.5 Å². The number of benzene rings is 2. The Kier molecular flexibility index (Phi) is 6.21. The number of H-pyrrole nitrogens is 1. The Morgan fingerprint density at radius 1 is 1.13 bits per heavy atom. The van der Waals surface area contributed by atoms with Crippen molar-refractivity contribution in [3.05, 3.63) is 48.2 Å². The third-order valence-electron chi connectivity index (χ3n) is 5.67. The minimum atomic E-state index is -0.128. The highest BCUT2D eigenvalue weighted by Gasteiger charge is 2.21. The van der Waals surface area contributed by atoms with Crippen LogP contribution in [-0.2, 0) is 0 Å². The van der Waals surface area contributed by atoms with Crippen LogP contribution >= 0.6 is 0 Å². The molecule has 1 fully saturated rings. The molecule has 1 saturated heterocycles. The first-order valence-electron chi connectivity index (χ1n) is 10.9. The van der Waals surface area contributed by atoms with Gasteiger partial charge in [0.2, 0.25) is 0 Å². The van der Waals surface area contributed by atoms with Gasteiger partial charge in [0.15, 0.2) is 11.5 Å². The molecule has 2 aromatic carbocycles. The van der Waals surface area contributed by atoms with Gasteiger partial charge in [-0.15, -0.1) is 0 Å². The van der Waals surface area contributed by atoms with E-state index in [0.717, 1.165) is 55.5 Å². The molecular formula is C24H29N3O4. The second-order valence-corrected chi connectivity index (χ2v) is 7.91. The molecule has 3 N–H and O–H groups in total. The van der Waals surface area contributed by atoms with Gasteiger partial charge in [-0.1, -0.05) is 13.0 Å². The van der Waals surface area contributed by atoms with Crippen molar-refractivity contribution in [2.24, 2.45) is 0 Å². The Balaban J connectivity index is 1.42. The molecule has 0 radical (unpaired) electrons. The van der Waals surface area contributed by atoms with E-state index < -0.39 is 0 Å². The number of anilines is 1. The van der Waals surface area contributed by atoms with Gasteiger partial charge in [0, 0.05) is 30.5 Å². The van der Waals surface area contributed by atoms with E-state index in [4.69, 9.17) is 4.74 Å².